The van der Waals surface area contributed by atoms with Gasteiger partial charge >= 0.3 is 0 Å². The van der Waals surface area contributed by atoms with Gasteiger partial charge in [0.25, 0.3) is 5.91 Å². The Kier molecular flexibility index (Phi) is 6.62. The van der Waals surface area contributed by atoms with E-state index in [1.165, 1.54) is 17.5 Å². The molecule has 166 valence electrons. The highest BCUT2D eigenvalue weighted by Crippen LogP contribution is 2.23. The van der Waals surface area contributed by atoms with Crippen LogP contribution in [-0.2, 0) is 16.4 Å². The lowest BCUT2D eigenvalue weighted by Gasteiger charge is -2.36. The summed E-state index contributed by atoms with van der Waals surface area (Å²) in [4.78, 5) is 17.2. The number of amides is 1. The average Bonchev–Trinajstić information content (AvgIpc) is 2.80. The van der Waals surface area contributed by atoms with Crippen molar-refractivity contribution < 1.29 is 13.2 Å². The van der Waals surface area contributed by atoms with Gasteiger partial charge in [-0.2, -0.15) is 0 Å². The summed E-state index contributed by atoms with van der Waals surface area (Å²) in [6.45, 7) is 4.37. The molecule has 4 rings (SSSR count). The molecule has 0 N–H and O–H groups in total. The van der Waals surface area contributed by atoms with Crippen LogP contribution in [0.2, 0.25) is 0 Å². The van der Waals surface area contributed by atoms with E-state index in [2.05, 4.69) is 29.2 Å². The molecule has 2 aromatic carbocycles. The number of rotatable bonds is 5. The number of hydrogen-bond donors (Lipinski definition) is 0. The molecule has 2 fully saturated rings. The van der Waals surface area contributed by atoms with Crippen LogP contribution in [0.15, 0.2) is 54.6 Å². The first-order valence-electron chi connectivity index (χ1n) is 11.0. The fraction of sp³-hybridized carbons (Fsp3) is 0.458. The highest BCUT2D eigenvalue weighted by Gasteiger charge is 2.25. The zero-order chi connectivity index (χ0) is 21.8. The molecule has 0 unspecified atom stereocenters. The minimum absolute atomic E-state index is 0.0979. The Morgan fingerprint density at radius 2 is 1.48 bits per heavy atom. The third-order valence-electron chi connectivity index (χ3n) is 6.46. The van der Waals surface area contributed by atoms with Crippen LogP contribution in [-0.4, -0.2) is 69.1 Å². The van der Waals surface area contributed by atoms with Gasteiger partial charge < -0.3 is 9.80 Å². The maximum atomic E-state index is 12.9. The van der Waals surface area contributed by atoms with Gasteiger partial charge in [0, 0.05) is 50.5 Å². The number of piperidine rings is 1. The molecule has 0 spiro atoms. The maximum absolute atomic E-state index is 12.9. The number of carbonyl (C=O) groups excluding carboxylic acids is 1. The first kappa shape index (κ1) is 21.8. The van der Waals surface area contributed by atoms with E-state index in [0.717, 1.165) is 51.0 Å². The van der Waals surface area contributed by atoms with Crippen molar-refractivity contribution in [1.29, 1.82) is 0 Å². The standard InChI is InChI=1S/C24H31N3O3S/c1-31(29,30)27-13-11-21(12-14-27)19-20-7-9-22(10-8-20)24(28)26-17-15-25(16-18-26)23-5-3-2-4-6-23/h2-10,21H,11-19H2,1H3. The number of hydrogen-bond acceptors (Lipinski definition) is 4. The maximum Gasteiger partial charge on any atom is 0.253 e. The molecule has 2 aromatic rings. The summed E-state index contributed by atoms with van der Waals surface area (Å²) in [7, 11) is -3.08. The minimum atomic E-state index is -3.08. The molecule has 2 aliphatic heterocycles. The smallest absolute Gasteiger partial charge is 0.253 e. The van der Waals surface area contributed by atoms with Gasteiger partial charge in [0.1, 0.15) is 0 Å². The fourth-order valence-corrected chi connectivity index (χ4v) is 5.43. The summed E-state index contributed by atoms with van der Waals surface area (Å²) >= 11 is 0. The first-order valence-corrected chi connectivity index (χ1v) is 12.9. The molecule has 2 aliphatic rings. The second-order valence-corrected chi connectivity index (χ2v) is 10.6. The quantitative estimate of drug-likeness (QED) is 0.716. The van der Waals surface area contributed by atoms with Gasteiger partial charge in [-0.15, -0.1) is 0 Å². The molecule has 0 bridgehead atoms. The Balaban J connectivity index is 1.28. The lowest BCUT2D eigenvalue weighted by molar-refractivity contribution is 0.0747. The Morgan fingerprint density at radius 3 is 2.06 bits per heavy atom. The van der Waals surface area contributed by atoms with E-state index in [9.17, 15) is 13.2 Å². The van der Waals surface area contributed by atoms with Crippen molar-refractivity contribution in [3.63, 3.8) is 0 Å². The van der Waals surface area contributed by atoms with Gasteiger partial charge in [-0.05, 0) is 55.0 Å². The van der Waals surface area contributed by atoms with Gasteiger partial charge in [0.05, 0.1) is 6.26 Å². The summed E-state index contributed by atoms with van der Waals surface area (Å²) in [6, 6.07) is 18.3. The van der Waals surface area contributed by atoms with Crippen molar-refractivity contribution >= 4 is 21.6 Å². The number of para-hydroxylation sites is 1. The summed E-state index contributed by atoms with van der Waals surface area (Å²) in [5.74, 6) is 0.589. The van der Waals surface area contributed by atoms with Gasteiger partial charge in [0.15, 0.2) is 0 Å². The van der Waals surface area contributed by atoms with Gasteiger partial charge in [0.2, 0.25) is 10.0 Å². The Labute approximate surface area is 185 Å². The molecule has 0 radical (unpaired) electrons. The third kappa shape index (κ3) is 5.46. The molecule has 0 aliphatic carbocycles. The number of anilines is 1. The topological polar surface area (TPSA) is 60.9 Å². The van der Waals surface area contributed by atoms with E-state index in [1.807, 2.05) is 35.2 Å². The molecule has 0 atom stereocenters. The van der Waals surface area contributed by atoms with E-state index in [-0.39, 0.29) is 5.91 Å². The van der Waals surface area contributed by atoms with Crippen LogP contribution in [0.4, 0.5) is 5.69 Å². The van der Waals surface area contributed by atoms with Crippen LogP contribution in [0.5, 0.6) is 0 Å². The second-order valence-electron chi connectivity index (χ2n) is 8.62. The van der Waals surface area contributed by atoms with E-state index < -0.39 is 10.0 Å². The number of benzene rings is 2. The van der Waals surface area contributed by atoms with Crippen molar-refractivity contribution in [2.75, 3.05) is 50.4 Å². The molecule has 2 saturated heterocycles. The predicted octanol–water partition coefficient (Wildman–Crippen LogP) is 2.86. The Morgan fingerprint density at radius 1 is 0.871 bits per heavy atom. The zero-order valence-corrected chi connectivity index (χ0v) is 18.9. The molecule has 0 saturated carbocycles. The molecule has 31 heavy (non-hydrogen) atoms. The van der Waals surface area contributed by atoms with Gasteiger partial charge in [-0.3, -0.25) is 4.79 Å². The van der Waals surface area contributed by atoms with Crippen LogP contribution >= 0.6 is 0 Å². The van der Waals surface area contributed by atoms with Crippen LogP contribution in [0, 0.1) is 5.92 Å². The molecule has 6 nitrogen and oxygen atoms in total. The van der Waals surface area contributed by atoms with E-state index >= 15 is 0 Å². The molecular weight excluding hydrogens is 410 g/mol. The van der Waals surface area contributed by atoms with E-state index in [4.69, 9.17) is 0 Å². The SMILES string of the molecule is CS(=O)(=O)N1CCC(Cc2ccc(C(=O)N3CCN(c4ccccc4)CC3)cc2)CC1. The monoisotopic (exact) mass is 441 g/mol. The highest BCUT2D eigenvalue weighted by atomic mass is 32.2. The summed E-state index contributed by atoms with van der Waals surface area (Å²) in [5, 5.41) is 0. The Hall–Kier alpha value is -2.38. The lowest BCUT2D eigenvalue weighted by atomic mass is 9.90. The highest BCUT2D eigenvalue weighted by molar-refractivity contribution is 7.88. The first-order chi connectivity index (χ1) is 14.9. The van der Waals surface area contributed by atoms with Crippen molar-refractivity contribution in [1.82, 2.24) is 9.21 Å². The summed E-state index contributed by atoms with van der Waals surface area (Å²) in [5.41, 5.74) is 3.16. The van der Waals surface area contributed by atoms with Crippen molar-refractivity contribution in [2.24, 2.45) is 5.92 Å². The number of carbonyl (C=O) groups is 1. The van der Waals surface area contributed by atoms with Crippen molar-refractivity contribution in [3.8, 4) is 0 Å². The predicted molar refractivity (Wildman–Crippen MR) is 124 cm³/mol. The lowest BCUT2D eigenvalue weighted by Crippen LogP contribution is -2.48. The van der Waals surface area contributed by atoms with Crippen molar-refractivity contribution in [3.05, 3.63) is 65.7 Å². The van der Waals surface area contributed by atoms with Crippen LogP contribution in [0.3, 0.4) is 0 Å². The van der Waals surface area contributed by atoms with Gasteiger partial charge in [-0.1, -0.05) is 30.3 Å². The van der Waals surface area contributed by atoms with Gasteiger partial charge in [-0.25, -0.2) is 12.7 Å². The fourth-order valence-electron chi connectivity index (χ4n) is 4.55. The second kappa shape index (κ2) is 9.40. The molecule has 2 heterocycles. The molecule has 0 aromatic heterocycles. The van der Waals surface area contributed by atoms with Crippen molar-refractivity contribution in [2.45, 2.75) is 19.3 Å². The average molecular weight is 442 g/mol. The molecule has 1 amide bonds. The zero-order valence-electron chi connectivity index (χ0n) is 18.1. The van der Waals surface area contributed by atoms with Crippen LogP contribution in [0.25, 0.3) is 0 Å². The van der Waals surface area contributed by atoms with Crippen LogP contribution in [0.1, 0.15) is 28.8 Å². The van der Waals surface area contributed by atoms with Crippen LogP contribution < -0.4 is 4.90 Å². The summed E-state index contributed by atoms with van der Waals surface area (Å²) < 4.78 is 24.9. The largest absolute Gasteiger partial charge is 0.368 e. The summed E-state index contributed by atoms with van der Waals surface area (Å²) in [6.07, 6.45) is 3.99. The number of piperazine rings is 1. The Bertz CT molecular complexity index is 976. The third-order valence-corrected chi connectivity index (χ3v) is 7.76. The normalized spacial score (nSPS) is 18.9. The van der Waals surface area contributed by atoms with E-state index in [1.54, 1.807) is 4.31 Å². The molecule has 7 heteroatoms. The number of sulfonamides is 1. The number of nitrogens with zero attached hydrogens (tertiary/aromatic N) is 3. The minimum Gasteiger partial charge on any atom is -0.368 e. The van der Waals surface area contributed by atoms with E-state index in [0.29, 0.717) is 19.0 Å². The molecular formula is C24H31N3O3S.